The number of hydrogen-bond donors (Lipinski definition) is 1. The van der Waals surface area contributed by atoms with Crippen molar-refractivity contribution >= 4 is 0 Å². The Kier molecular flexibility index (Phi) is 9.35. The molecule has 21 heavy (non-hydrogen) atoms. The van der Waals surface area contributed by atoms with Crippen LogP contribution < -0.4 is 4.74 Å². The molecule has 1 rings (SSSR count). The maximum Gasteiger partial charge on any atom is 0.119 e. The maximum atomic E-state index is 8.81. The standard InChI is InChI=1S/C18H26O3/c1-3-4-5-6-7-13-21-15-17-14-18(20-2)11-10-16(17)9-8-12-19/h10-11,14,19H,3-7,12-13,15H2,1-2H3. The summed E-state index contributed by atoms with van der Waals surface area (Å²) in [6.07, 6.45) is 6.17. The van der Waals surface area contributed by atoms with Crippen LogP contribution in [0.25, 0.3) is 0 Å². The van der Waals surface area contributed by atoms with E-state index in [2.05, 4.69) is 18.8 Å². The normalized spacial score (nSPS) is 10.0. The van der Waals surface area contributed by atoms with Gasteiger partial charge in [-0.25, -0.2) is 0 Å². The van der Waals surface area contributed by atoms with Gasteiger partial charge in [0.05, 0.1) is 13.7 Å². The molecule has 0 heterocycles. The molecule has 116 valence electrons. The van der Waals surface area contributed by atoms with E-state index in [9.17, 15) is 0 Å². The van der Waals surface area contributed by atoms with Crippen molar-refractivity contribution in [2.45, 2.75) is 45.6 Å². The van der Waals surface area contributed by atoms with Gasteiger partial charge in [-0.3, -0.25) is 0 Å². The Labute approximate surface area is 128 Å². The summed E-state index contributed by atoms with van der Waals surface area (Å²) in [5.74, 6) is 6.42. The molecule has 0 aliphatic carbocycles. The maximum absolute atomic E-state index is 8.81. The summed E-state index contributed by atoms with van der Waals surface area (Å²) in [6.45, 7) is 3.38. The van der Waals surface area contributed by atoms with E-state index < -0.39 is 0 Å². The van der Waals surface area contributed by atoms with Crippen LogP contribution in [0, 0.1) is 11.8 Å². The predicted octanol–water partition coefficient (Wildman–Crippen LogP) is 3.53. The van der Waals surface area contributed by atoms with Gasteiger partial charge in [0, 0.05) is 12.2 Å². The highest BCUT2D eigenvalue weighted by Gasteiger charge is 2.03. The first kappa shape index (κ1) is 17.6. The summed E-state index contributed by atoms with van der Waals surface area (Å²) < 4.78 is 11.0. The van der Waals surface area contributed by atoms with Gasteiger partial charge < -0.3 is 14.6 Å². The number of hydrogen-bond acceptors (Lipinski definition) is 3. The van der Waals surface area contributed by atoms with Gasteiger partial charge in [0.1, 0.15) is 12.4 Å². The summed E-state index contributed by atoms with van der Waals surface area (Å²) in [7, 11) is 1.65. The molecule has 0 saturated heterocycles. The molecule has 0 unspecified atom stereocenters. The van der Waals surface area contributed by atoms with Crippen molar-refractivity contribution in [3.8, 4) is 17.6 Å². The minimum Gasteiger partial charge on any atom is -0.497 e. The lowest BCUT2D eigenvalue weighted by molar-refractivity contribution is 0.116. The molecule has 3 heteroatoms. The van der Waals surface area contributed by atoms with Gasteiger partial charge in [-0.15, -0.1) is 0 Å². The summed E-state index contributed by atoms with van der Waals surface area (Å²) in [5.41, 5.74) is 1.89. The first-order valence-electron chi connectivity index (χ1n) is 7.66. The van der Waals surface area contributed by atoms with Crippen LogP contribution >= 0.6 is 0 Å². The van der Waals surface area contributed by atoms with Gasteiger partial charge in [-0.1, -0.05) is 44.4 Å². The van der Waals surface area contributed by atoms with Crippen molar-refractivity contribution in [2.75, 3.05) is 20.3 Å². The van der Waals surface area contributed by atoms with E-state index >= 15 is 0 Å². The third-order valence-electron chi connectivity index (χ3n) is 3.26. The first-order chi connectivity index (χ1) is 10.3. The average molecular weight is 290 g/mol. The summed E-state index contributed by atoms with van der Waals surface area (Å²) >= 11 is 0. The molecule has 0 amide bonds. The van der Waals surface area contributed by atoms with Crippen molar-refractivity contribution in [1.29, 1.82) is 0 Å². The summed E-state index contributed by atoms with van der Waals surface area (Å²) in [6, 6.07) is 5.72. The Bertz CT molecular complexity index is 457. The molecule has 1 aromatic carbocycles. The molecule has 0 atom stereocenters. The molecule has 0 aliphatic rings. The van der Waals surface area contributed by atoms with Crippen molar-refractivity contribution in [2.24, 2.45) is 0 Å². The lowest BCUT2D eigenvalue weighted by Gasteiger charge is -2.09. The van der Waals surface area contributed by atoms with Crippen LogP contribution in [0.5, 0.6) is 5.75 Å². The molecule has 0 aliphatic heterocycles. The number of methoxy groups -OCH3 is 1. The number of ether oxygens (including phenoxy) is 2. The second-order valence-corrected chi connectivity index (χ2v) is 4.95. The monoisotopic (exact) mass is 290 g/mol. The topological polar surface area (TPSA) is 38.7 Å². The lowest BCUT2D eigenvalue weighted by atomic mass is 10.1. The van der Waals surface area contributed by atoms with Crippen LogP contribution in [-0.4, -0.2) is 25.4 Å². The minimum atomic E-state index is -0.135. The van der Waals surface area contributed by atoms with Crippen LogP contribution in [0.15, 0.2) is 18.2 Å². The second kappa shape index (κ2) is 11.2. The van der Waals surface area contributed by atoms with E-state index in [1.165, 1.54) is 25.7 Å². The van der Waals surface area contributed by atoms with E-state index in [0.29, 0.717) is 6.61 Å². The number of unbranched alkanes of at least 4 members (excludes halogenated alkanes) is 4. The number of aliphatic hydroxyl groups is 1. The van der Waals surface area contributed by atoms with E-state index in [1.807, 2.05) is 18.2 Å². The molecular weight excluding hydrogens is 264 g/mol. The molecule has 1 N–H and O–H groups in total. The molecular formula is C18H26O3. The summed E-state index contributed by atoms with van der Waals surface area (Å²) in [5, 5.41) is 8.81. The van der Waals surface area contributed by atoms with Gasteiger partial charge in [-0.2, -0.15) is 0 Å². The predicted molar refractivity (Wildman–Crippen MR) is 85.4 cm³/mol. The van der Waals surface area contributed by atoms with Crippen molar-refractivity contribution < 1.29 is 14.6 Å². The molecule has 0 aromatic heterocycles. The van der Waals surface area contributed by atoms with Crippen molar-refractivity contribution in [3.05, 3.63) is 29.3 Å². The number of benzene rings is 1. The van der Waals surface area contributed by atoms with Crippen LogP contribution in [-0.2, 0) is 11.3 Å². The minimum absolute atomic E-state index is 0.135. The van der Waals surface area contributed by atoms with Gasteiger partial charge in [0.15, 0.2) is 0 Å². The van der Waals surface area contributed by atoms with Crippen LogP contribution in [0.4, 0.5) is 0 Å². The quantitative estimate of drug-likeness (QED) is 0.558. The van der Waals surface area contributed by atoms with Gasteiger partial charge >= 0.3 is 0 Å². The molecule has 0 bridgehead atoms. The zero-order valence-corrected chi connectivity index (χ0v) is 13.2. The Morgan fingerprint density at radius 3 is 2.67 bits per heavy atom. The average Bonchev–Trinajstić information content (AvgIpc) is 2.52. The smallest absolute Gasteiger partial charge is 0.119 e. The highest BCUT2D eigenvalue weighted by molar-refractivity contribution is 5.45. The third-order valence-corrected chi connectivity index (χ3v) is 3.26. The third kappa shape index (κ3) is 7.17. The number of aliphatic hydroxyl groups excluding tert-OH is 1. The second-order valence-electron chi connectivity index (χ2n) is 4.95. The van der Waals surface area contributed by atoms with Crippen LogP contribution in [0.3, 0.4) is 0 Å². The molecule has 0 saturated carbocycles. The zero-order chi connectivity index (χ0) is 15.3. The fraction of sp³-hybridized carbons (Fsp3) is 0.556. The highest BCUT2D eigenvalue weighted by Crippen LogP contribution is 2.18. The highest BCUT2D eigenvalue weighted by atomic mass is 16.5. The first-order valence-corrected chi connectivity index (χ1v) is 7.66. The number of rotatable bonds is 9. The largest absolute Gasteiger partial charge is 0.497 e. The van der Waals surface area contributed by atoms with E-state index in [0.717, 1.165) is 29.9 Å². The SMILES string of the molecule is CCCCCCCOCc1cc(OC)ccc1C#CCO. The molecule has 3 nitrogen and oxygen atoms in total. The fourth-order valence-corrected chi connectivity index (χ4v) is 2.06. The van der Waals surface area contributed by atoms with Gasteiger partial charge in [-0.05, 0) is 30.2 Å². The van der Waals surface area contributed by atoms with Gasteiger partial charge in [0.2, 0.25) is 0 Å². The molecule has 0 radical (unpaired) electrons. The van der Waals surface area contributed by atoms with Crippen molar-refractivity contribution in [3.63, 3.8) is 0 Å². The molecule has 0 spiro atoms. The Morgan fingerprint density at radius 2 is 1.95 bits per heavy atom. The van der Waals surface area contributed by atoms with E-state index in [1.54, 1.807) is 7.11 Å². The molecule has 1 aromatic rings. The lowest BCUT2D eigenvalue weighted by Crippen LogP contribution is -1.99. The van der Waals surface area contributed by atoms with Crippen LogP contribution in [0.2, 0.25) is 0 Å². The van der Waals surface area contributed by atoms with E-state index in [4.69, 9.17) is 14.6 Å². The Morgan fingerprint density at radius 1 is 1.14 bits per heavy atom. The fourth-order valence-electron chi connectivity index (χ4n) is 2.06. The summed E-state index contributed by atoms with van der Waals surface area (Å²) in [4.78, 5) is 0. The zero-order valence-electron chi connectivity index (χ0n) is 13.2. The van der Waals surface area contributed by atoms with Crippen molar-refractivity contribution in [1.82, 2.24) is 0 Å². The van der Waals surface area contributed by atoms with Crippen LogP contribution in [0.1, 0.15) is 50.2 Å². The Balaban J connectivity index is 2.47. The van der Waals surface area contributed by atoms with E-state index in [-0.39, 0.29) is 6.61 Å². The Hall–Kier alpha value is -1.50. The molecule has 0 fully saturated rings. The van der Waals surface area contributed by atoms with Gasteiger partial charge in [0.25, 0.3) is 0 Å².